The average molecular weight is 208 g/mol. The summed E-state index contributed by atoms with van der Waals surface area (Å²) in [6.45, 7) is 4.36. The van der Waals surface area contributed by atoms with E-state index < -0.39 is 0 Å². The Hall–Kier alpha value is -1.20. The molecule has 15 heavy (non-hydrogen) atoms. The Bertz CT molecular complexity index is 312. The van der Waals surface area contributed by atoms with Gasteiger partial charge in [0.1, 0.15) is 11.6 Å². The Morgan fingerprint density at radius 2 is 2.27 bits per heavy atom. The predicted octanol–water partition coefficient (Wildman–Crippen LogP) is 0.350. The largest absolute Gasteiger partial charge is 0.379 e. The molecule has 0 saturated carbocycles. The summed E-state index contributed by atoms with van der Waals surface area (Å²) in [6, 6.07) is 1.86. The fourth-order valence-corrected chi connectivity index (χ4v) is 1.57. The second-order valence-electron chi connectivity index (χ2n) is 3.50. The summed E-state index contributed by atoms with van der Waals surface area (Å²) in [5.41, 5.74) is 0. The van der Waals surface area contributed by atoms with Gasteiger partial charge < -0.3 is 10.1 Å². The lowest BCUT2D eigenvalue weighted by Gasteiger charge is -2.25. The number of nitrogens with one attached hydrogen (secondary N) is 1. The van der Waals surface area contributed by atoms with Gasteiger partial charge in [0.25, 0.3) is 0 Å². The van der Waals surface area contributed by atoms with Gasteiger partial charge in [-0.15, -0.1) is 0 Å². The van der Waals surface area contributed by atoms with Crippen molar-refractivity contribution < 1.29 is 4.74 Å². The van der Waals surface area contributed by atoms with Crippen LogP contribution in [0.15, 0.2) is 12.3 Å². The number of aromatic nitrogens is 2. The number of nitrogens with zero attached hydrogens (tertiary/aromatic N) is 3. The molecule has 2 heterocycles. The number of rotatable bonds is 3. The van der Waals surface area contributed by atoms with Gasteiger partial charge in [-0.1, -0.05) is 0 Å². The van der Waals surface area contributed by atoms with E-state index in [9.17, 15) is 0 Å². The highest BCUT2D eigenvalue weighted by Gasteiger charge is 2.11. The zero-order valence-electron chi connectivity index (χ0n) is 8.94. The Balaban J connectivity index is 1.96. The third kappa shape index (κ3) is 2.87. The lowest BCUT2D eigenvalue weighted by Crippen LogP contribution is -2.36. The van der Waals surface area contributed by atoms with Gasteiger partial charge in [-0.05, 0) is 6.07 Å². The van der Waals surface area contributed by atoms with Gasteiger partial charge in [-0.3, -0.25) is 4.90 Å². The number of ether oxygens (including phenoxy) is 1. The van der Waals surface area contributed by atoms with E-state index in [0.717, 1.165) is 44.5 Å². The summed E-state index contributed by atoms with van der Waals surface area (Å²) >= 11 is 0. The molecular weight excluding hydrogens is 192 g/mol. The molecule has 0 unspecified atom stereocenters. The predicted molar refractivity (Wildman–Crippen MR) is 57.7 cm³/mol. The third-order valence-electron chi connectivity index (χ3n) is 2.43. The second kappa shape index (κ2) is 5.04. The highest BCUT2D eigenvalue weighted by atomic mass is 16.5. The molecule has 5 nitrogen and oxygen atoms in total. The summed E-state index contributed by atoms with van der Waals surface area (Å²) in [4.78, 5) is 10.9. The molecule has 1 fully saturated rings. The van der Waals surface area contributed by atoms with Gasteiger partial charge in [0.15, 0.2) is 0 Å². The quantitative estimate of drug-likeness (QED) is 0.776. The smallest absolute Gasteiger partial charge is 0.144 e. The standard InChI is InChI=1S/C10H16N4O/c1-11-9-2-3-12-10(13-9)8-14-4-6-15-7-5-14/h2-3H,4-8H2,1H3,(H,11,12,13). The zero-order valence-corrected chi connectivity index (χ0v) is 8.94. The Morgan fingerprint density at radius 3 is 3.00 bits per heavy atom. The Labute approximate surface area is 89.5 Å². The van der Waals surface area contributed by atoms with Crippen molar-refractivity contribution in [1.29, 1.82) is 0 Å². The van der Waals surface area contributed by atoms with Crippen molar-refractivity contribution in [1.82, 2.24) is 14.9 Å². The van der Waals surface area contributed by atoms with Crippen LogP contribution in [-0.2, 0) is 11.3 Å². The van der Waals surface area contributed by atoms with E-state index in [0.29, 0.717) is 0 Å². The van der Waals surface area contributed by atoms with E-state index in [4.69, 9.17) is 4.74 Å². The first-order valence-corrected chi connectivity index (χ1v) is 5.18. The minimum Gasteiger partial charge on any atom is -0.379 e. The summed E-state index contributed by atoms with van der Waals surface area (Å²) < 4.78 is 5.29. The van der Waals surface area contributed by atoms with Crippen LogP contribution in [0.1, 0.15) is 5.82 Å². The van der Waals surface area contributed by atoms with Crippen molar-refractivity contribution in [3.63, 3.8) is 0 Å². The molecule has 1 aliphatic rings. The van der Waals surface area contributed by atoms with Gasteiger partial charge in [-0.2, -0.15) is 0 Å². The van der Waals surface area contributed by atoms with Crippen molar-refractivity contribution in [2.24, 2.45) is 0 Å². The van der Waals surface area contributed by atoms with Crippen molar-refractivity contribution in [2.45, 2.75) is 6.54 Å². The molecule has 5 heteroatoms. The number of hydrogen-bond acceptors (Lipinski definition) is 5. The maximum Gasteiger partial charge on any atom is 0.144 e. The van der Waals surface area contributed by atoms with Crippen LogP contribution in [0.2, 0.25) is 0 Å². The van der Waals surface area contributed by atoms with Gasteiger partial charge in [0.2, 0.25) is 0 Å². The molecule has 0 atom stereocenters. The van der Waals surface area contributed by atoms with Crippen LogP contribution in [0.3, 0.4) is 0 Å². The average Bonchev–Trinajstić information content (AvgIpc) is 2.31. The first-order chi connectivity index (χ1) is 7.38. The minimum absolute atomic E-state index is 0.804. The molecule has 82 valence electrons. The van der Waals surface area contributed by atoms with Crippen molar-refractivity contribution >= 4 is 5.82 Å². The van der Waals surface area contributed by atoms with Gasteiger partial charge in [0.05, 0.1) is 19.8 Å². The number of anilines is 1. The normalized spacial score (nSPS) is 17.7. The molecule has 0 aliphatic carbocycles. The summed E-state index contributed by atoms with van der Waals surface area (Å²) in [6.07, 6.45) is 1.79. The van der Waals surface area contributed by atoms with E-state index in [2.05, 4.69) is 20.2 Å². The van der Waals surface area contributed by atoms with Crippen LogP contribution in [-0.4, -0.2) is 48.2 Å². The van der Waals surface area contributed by atoms with E-state index in [-0.39, 0.29) is 0 Å². The molecule has 0 radical (unpaired) electrons. The van der Waals surface area contributed by atoms with E-state index >= 15 is 0 Å². The fraction of sp³-hybridized carbons (Fsp3) is 0.600. The molecule has 0 amide bonds. The van der Waals surface area contributed by atoms with E-state index in [1.165, 1.54) is 0 Å². The topological polar surface area (TPSA) is 50.3 Å². The molecule has 1 aromatic rings. The summed E-state index contributed by atoms with van der Waals surface area (Å²) in [5, 5.41) is 3.01. The highest BCUT2D eigenvalue weighted by Crippen LogP contribution is 2.05. The third-order valence-corrected chi connectivity index (χ3v) is 2.43. The molecule has 1 aromatic heterocycles. The van der Waals surface area contributed by atoms with Crippen molar-refractivity contribution in [3.05, 3.63) is 18.1 Å². The van der Waals surface area contributed by atoms with Gasteiger partial charge in [-0.25, -0.2) is 9.97 Å². The molecular formula is C10H16N4O. The van der Waals surface area contributed by atoms with E-state index in [1.807, 2.05) is 13.1 Å². The fourth-order valence-electron chi connectivity index (χ4n) is 1.57. The molecule has 2 rings (SSSR count). The zero-order chi connectivity index (χ0) is 10.5. The van der Waals surface area contributed by atoms with Crippen LogP contribution in [0.4, 0.5) is 5.82 Å². The highest BCUT2D eigenvalue weighted by molar-refractivity contribution is 5.31. The van der Waals surface area contributed by atoms with Crippen LogP contribution < -0.4 is 5.32 Å². The summed E-state index contributed by atoms with van der Waals surface area (Å²) in [5.74, 6) is 1.73. The lowest BCUT2D eigenvalue weighted by atomic mass is 10.4. The van der Waals surface area contributed by atoms with Gasteiger partial charge >= 0.3 is 0 Å². The van der Waals surface area contributed by atoms with Crippen molar-refractivity contribution in [3.8, 4) is 0 Å². The molecule has 1 saturated heterocycles. The minimum atomic E-state index is 0.804. The first kappa shape index (κ1) is 10.3. The molecule has 0 aromatic carbocycles. The maximum absolute atomic E-state index is 5.29. The number of morpholine rings is 1. The Kier molecular flexibility index (Phi) is 3.47. The van der Waals surface area contributed by atoms with Crippen LogP contribution >= 0.6 is 0 Å². The second-order valence-corrected chi connectivity index (χ2v) is 3.50. The van der Waals surface area contributed by atoms with E-state index in [1.54, 1.807) is 6.20 Å². The molecule has 0 spiro atoms. The maximum atomic E-state index is 5.29. The van der Waals surface area contributed by atoms with Crippen LogP contribution in [0, 0.1) is 0 Å². The molecule has 0 bridgehead atoms. The van der Waals surface area contributed by atoms with Gasteiger partial charge in [0, 0.05) is 26.3 Å². The van der Waals surface area contributed by atoms with Crippen LogP contribution in [0.5, 0.6) is 0 Å². The Morgan fingerprint density at radius 1 is 1.47 bits per heavy atom. The van der Waals surface area contributed by atoms with Crippen molar-refractivity contribution in [2.75, 3.05) is 38.7 Å². The molecule has 1 aliphatic heterocycles. The summed E-state index contributed by atoms with van der Waals surface area (Å²) in [7, 11) is 1.86. The monoisotopic (exact) mass is 208 g/mol. The first-order valence-electron chi connectivity index (χ1n) is 5.18. The molecule has 1 N–H and O–H groups in total. The SMILES string of the molecule is CNc1ccnc(CN2CCOCC2)n1. The number of hydrogen-bond donors (Lipinski definition) is 1. The van der Waals surface area contributed by atoms with Crippen LogP contribution in [0.25, 0.3) is 0 Å². The lowest BCUT2D eigenvalue weighted by molar-refractivity contribution is 0.0331.